The number of nitrogens with one attached hydrogen (secondary N) is 1. The number of hydrogen-bond acceptors (Lipinski definition) is 4. The van der Waals surface area contributed by atoms with Gasteiger partial charge in [-0.05, 0) is 35.9 Å². The van der Waals surface area contributed by atoms with E-state index in [0.717, 1.165) is 18.7 Å². The predicted octanol–water partition coefficient (Wildman–Crippen LogP) is 3.35. The number of halogens is 2. The average molecular weight is 415 g/mol. The second-order valence-corrected chi connectivity index (χ2v) is 8.60. The van der Waals surface area contributed by atoms with E-state index in [1.807, 2.05) is 24.3 Å². The van der Waals surface area contributed by atoms with Crippen LogP contribution in [0.5, 0.6) is 0 Å². The zero-order chi connectivity index (χ0) is 18.6. The van der Waals surface area contributed by atoms with Crippen molar-refractivity contribution in [2.45, 2.75) is 10.9 Å². The molecule has 8 heteroatoms. The van der Waals surface area contributed by atoms with Crippen LogP contribution in [0.25, 0.3) is 0 Å². The van der Waals surface area contributed by atoms with Gasteiger partial charge in [-0.15, -0.1) is 0 Å². The Hall–Kier alpha value is -1.15. The van der Waals surface area contributed by atoms with Crippen LogP contribution >= 0.6 is 23.2 Å². The molecule has 0 aromatic heterocycles. The van der Waals surface area contributed by atoms with E-state index in [1.165, 1.54) is 12.1 Å². The first-order valence-corrected chi connectivity index (χ1v) is 10.5. The molecule has 0 saturated carbocycles. The van der Waals surface area contributed by atoms with Gasteiger partial charge >= 0.3 is 0 Å². The summed E-state index contributed by atoms with van der Waals surface area (Å²) in [6.07, 6.45) is 0. The lowest BCUT2D eigenvalue weighted by atomic mass is 10.0. The van der Waals surface area contributed by atoms with Gasteiger partial charge in [-0.3, -0.25) is 4.90 Å². The first-order chi connectivity index (χ1) is 12.5. The van der Waals surface area contributed by atoms with E-state index < -0.39 is 10.0 Å². The SMILES string of the molecule is O=S(=O)(NC[C@@H](c1ccccc1Cl)N1CCOCC1)c1ccc(Cl)cc1. The summed E-state index contributed by atoms with van der Waals surface area (Å²) in [5, 5.41) is 1.11. The third kappa shape index (κ3) is 4.76. The van der Waals surface area contributed by atoms with Gasteiger partial charge in [0.1, 0.15) is 0 Å². The molecule has 1 saturated heterocycles. The molecule has 0 unspecified atom stereocenters. The van der Waals surface area contributed by atoms with Crippen molar-refractivity contribution in [3.8, 4) is 0 Å². The molecule has 1 atom stereocenters. The maximum Gasteiger partial charge on any atom is 0.240 e. The second-order valence-electron chi connectivity index (χ2n) is 5.99. The fraction of sp³-hybridized carbons (Fsp3) is 0.333. The molecule has 2 aromatic carbocycles. The molecule has 26 heavy (non-hydrogen) atoms. The highest BCUT2D eigenvalue weighted by Gasteiger charge is 2.26. The van der Waals surface area contributed by atoms with E-state index in [9.17, 15) is 8.42 Å². The molecule has 5 nitrogen and oxygen atoms in total. The maximum absolute atomic E-state index is 12.6. The van der Waals surface area contributed by atoms with Gasteiger partial charge in [0.15, 0.2) is 0 Å². The number of morpholine rings is 1. The van der Waals surface area contributed by atoms with E-state index in [0.29, 0.717) is 23.3 Å². The van der Waals surface area contributed by atoms with E-state index in [1.54, 1.807) is 12.1 Å². The summed E-state index contributed by atoms with van der Waals surface area (Å²) >= 11 is 12.2. The minimum Gasteiger partial charge on any atom is -0.379 e. The zero-order valence-corrected chi connectivity index (χ0v) is 16.4. The first kappa shape index (κ1) is 19.6. The minimum absolute atomic E-state index is 0.172. The Balaban J connectivity index is 1.81. The molecule has 3 rings (SSSR count). The van der Waals surface area contributed by atoms with Crippen LogP contribution in [0.4, 0.5) is 0 Å². The first-order valence-electron chi connectivity index (χ1n) is 8.29. The normalized spacial score (nSPS) is 17.2. The molecule has 0 radical (unpaired) electrons. The predicted molar refractivity (Wildman–Crippen MR) is 103 cm³/mol. The van der Waals surface area contributed by atoms with Gasteiger partial charge in [-0.1, -0.05) is 41.4 Å². The molecular formula is C18H20Cl2N2O3S. The number of nitrogens with zero attached hydrogens (tertiary/aromatic N) is 1. The minimum atomic E-state index is -3.64. The number of ether oxygens (including phenoxy) is 1. The van der Waals surface area contributed by atoms with Gasteiger partial charge in [0.25, 0.3) is 0 Å². The van der Waals surface area contributed by atoms with E-state index in [4.69, 9.17) is 27.9 Å². The lowest BCUT2D eigenvalue weighted by Gasteiger charge is -2.35. The van der Waals surface area contributed by atoms with Crippen LogP contribution in [0.2, 0.25) is 10.0 Å². The van der Waals surface area contributed by atoms with Crippen LogP contribution in [-0.2, 0) is 14.8 Å². The van der Waals surface area contributed by atoms with Crippen LogP contribution < -0.4 is 4.72 Å². The fourth-order valence-electron chi connectivity index (χ4n) is 2.96. The molecule has 0 amide bonds. The summed E-state index contributed by atoms with van der Waals surface area (Å²) in [4.78, 5) is 2.37. The lowest BCUT2D eigenvalue weighted by Crippen LogP contribution is -2.43. The highest BCUT2D eigenvalue weighted by molar-refractivity contribution is 7.89. The largest absolute Gasteiger partial charge is 0.379 e. The van der Waals surface area contributed by atoms with Crippen LogP contribution in [0.3, 0.4) is 0 Å². The van der Waals surface area contributed by atoms with Gasteiger partial charge in [0, 0.05) is 35.7 Å². The molecule has 1 fully saturated rings. The molecule has 1 N–H and O–H groups in total. The van der Waals surface area contributed by atoms with Crippen molar-refractivity contribution in [3.63, 3.8) is 0 Å². The Morgan fingerprint density at radius 2 is 1.69 bits per heavy atom. The van der Waals surface area contributed by atoms with Crippen molar-refractivity contribution in [3.05, 3.63) is 64.1 Å². The van der Waals surface area contributed by atoms with Gasteiger partial charge < -0.3 is 4.74 Å². The number of benzene rings is 2. The van der Waals surface area contributed by atoms with E-state index in [2.05, 4.69) is 9.62 Å². The molecule has 0 spiro atoms. The standard InChI is InChI=1S/C18H20Cl2N2O3S/c19-14-5-7-15(8-6-14)26(23,24)21-13-18(22-9-11-25-12-10-22)16-3-1-2-4-17(16)20/h1-8,18,21H,9-13H2/t18-/m0/s1. The lowest BCUT2D eigenvalue weighted by molar-refractivity contribution is 0.0172. The quantitative estimate of drug-likeness (QED) is 0.786. The highest BCUT2D eigenvalue weighted by atomic mass is 35.5. The molecule has 1 aliphatic heterocycles. The average Bonchev–Trinajstić information content (AvgIpc) is 2.64. The Kier molecular flexibility index (Phi) is 6.55. The molecule has 2 aromatic rings. The number of hydrogen-bond donors (Lipinski definition) is 1. The molecule has 0 bridgehead atoms. The van der Waals surface area contributed by atoms with Gasteiger partial charge in [0.05, 0.1) is 18.1 Å². The smallest absolute Gasteiger partial charge is 0.240 e. The zero-order valence-electron chi connectivity index (χ0n) is 14.1. The number of rotatable bonds is 6. The Bertz CT molecular complexity index is 838. The van der Waals surface area contributed by atoms with Crippen molar-refractivity contribution >= 4 is 33.2 Å². The summed E-state index contributed by atoms with van der Waals surface area (Å²) in [5.74, 6) is 0. The van der Waals surface area contributed by atoms with E-state index >= 15 is 0 Å². The topological polar surface area (TPSA) is 58.6 Å². The third-order valence-corrected chi connectivity index (χ3v) is 6.38. The summed E-state index contributed by atoms with van der Waals surface area (Å²) in [6, 6.07) is 13.4. The van der Waals surface area contributed by atoms with Crippen molar-refractivity contribution in [2.75, 3.05) is 32.8 Å². The van der Waals surface area contributed by atoms with Crippen LogP contribution in [0.1, 0.15) is 11.6 Å². The van der Waals surface area contributed by atoms with Crippen LogP contribution in [-0.4, -0.2) is 46.2 Å². The Morgan fingerprint density at radius 3 is 2.35 bits per heavy atom. The third-order valence-electron chi connectivity index (χ3n) is 4.34. The molecule has 1 heterocycles. The van der Waals surface area contributed by atoms with Gasteiger partial charge in [-0.25, -0.2) is 13.1 Å². The second kappa shape index (κ2) is 8.69. The van der Waals surface area contributed by atoms with Crippen molar-refractivity contribution < 1.29 is 13.2 Å². The van der Waals surface area contributed by atoms with Crippen LogP contribution in [0, 0.1) is 0 Å². The molecular weight excluding hydrogens is 395 g/mol. The Morgan fingerprint density at radius 1 is 1.04 bits per heavy atom. The van der Waals surface area contributed by atoms with Crippen molar-refractivity contribution in [2.24, 2.45) is 0 Å². The molecule has 1 aliphatic rings. The van der Waals surface area contributed by atoms with Crippen molar-refractivity contribution in [1.82, 2.24) is 9.62 Å². The molecule has 0 aliphatic carbocycles. The summed E-state index contributed by atoms with van der Waals surface area (Å²) in [6.45, 7) is 2.89. The fourth-order valence-corrected chi connectivity index (χ4v) is 4.38. The van der Waals surface area contributed by atoms with Gasteiger partial charge in [0.2, 0.25) is 10.0 Å². The monoisotopic (exact) mass is 414 g/mol. The molecule has 140 valence electrons. The summed E-state index contributed by atoms with van der Waals surface area (Å²) < 4.78 is 33.4. The number of sulfonamides is 1. The maximum atomic E-state index is 12.6. The van der Waals surface area contributed by atoms with Crippen molar-refractivity contribution in [1.29, 1.82) is 0 Å². The van der Waals surface area contributed by atoms with Crippen LogP contribution in [0.15, 0.2) is 53.4 Å². The van der Waals surface area contributed by atoms with E-state index in [-0.39, 0.29) is 17.5 Å². The van der Waals surface area contributed by atoms with Gasteiger partial charge in [-0.2, -0.15) is 0 Å². The summed E-state index contributed by atoms with van der Waals surface area (Å²) in [5.41, 5.74) is 0.898. The summed E-state index contributed by atoms with van der Waals surface area (Å²) in [7, 11) is -3.64. The highest BCUT2D eigenvalue weighted by Crippen LogP contribution is 2.28. The Labute approximate surface area is 163 Å².